The molecule has 0 spiro atoms. The van der Waals surface area contributed by atoms with E-state index in [1.165, 1.54) is 32.1 Å². The molecule has 2 nitrogen and oxygen atoms in total. The average molecular weight is 250 g/mol. The predicted octanol–water partition coefficient (Wildman–Crippen LogP) is 4.40. The molecule has 2 aliphatic rings. The van der Waals surface area contributed by atoms with Crippen molar-refractivity contribution in [3.05, 3.63) is 11.6 Å². The molecule has 0 aromatic heterocycles. The fourth-order valence-corrected chi connectivity index (χ4v) is 4.27. The third-order valence-electron chi connectivity index (χ3n) is 5.30. The van der Waals surface area contributed by atoms with Crippen molar-refractivity contribution >= 4 is 5.97 Å². The van der Waals surface area contributed by atoms with Gasteiger partial charge in [0.15, 0.2) is 0 Å². The van der Waals surface area contributed by atoms with E-state index in [9.17, 15) is 4.79 Å². The van der Waals surface area contributed by atoms with E-state index in [1.54, 1.807) is 5.57 Å². The summed E-state index contributed by atoms with van der Waals surface area (Å²) < 4.78 is 0. The molecule has 0 radical (unpaired) electrons. The normalized spacial score (nSPS) is 37.8. The van der Waals surface area contributed by atoms with Gasteiger partial charge in [0.2, 0.25) is 0 Å². The van der Waals surface area contributed by atoms with Crippen molar-refractivity contribution in [3.63, 3.8) is 0 Å². The summed E-state index contributed by atoms with van der Waals surface area (Å²) in [4.78, 5) is 10.5. The first-order chi connectivity index (χ1) is 8.54. The zero-order chi connectivity index (χ0) is 13.2. The van der Waals surface area contributed by atoms with Crippen molar-refractivity contribution in [3.8, 4) is 0 Å². The Morgan fingerprint density at radius 1 is 1.50 bits per heavy atom. The number of allylic oxidation sites excluding steroid dienone is 2. The lowest BCUT2D eigenvalue weighted by molar-refractivity contribution is -0.137. The maximum absolute atomic E-state index is 10.5. The molecule has 0 aliphatic heterocycles. The van der Waals surface area contributed by atoms with Gasteiger partial charge in [0.05, 0.1) is 0 Å². The van der Waals surface area contributed by atoms with E-state index in [0.717, 1.165) is 24.7 Å². The molecule has 18 heavy (non-hydrogen) atoms. The number of fused-ring (bicyclic) bond motifs is 1. The van der Waals surface area contributed by atoms with Gasteiger partial charge in [-0.25, -0.2) is 0 Å². The Bertz CT molecular complexity index is 345. The van der Waals surface area contributed by atoms with E-state index in [0.29, 0.717) is 11.8 Å². The highest BCUT2D eigenvalue weighted by molar-refractivity contribution is 5.66. The minimum Gasteiger partial charge on any atom is -0.481 e. The van der Waals surface area contributed by atoms with E-state index < -0.39 is 5.97 Å². The molecule has 3 atom stereocenters. The first-order valence-corrected chi connectivity index (χ1v) is 7.45. The smallest absolute Gasteiger partial charge is 0.303 e. The highest BCUT2D eigenvalue weighted by Crippen LogP contribution is 2.57. The summed E-state index contributed by atoms with van der Waals surface area (Å²) >= 11 is 0. The highest BCUT2D eigenvalue weighted by Gasteiger charge is 2.46. The molecule has 102 valence electrons. The van der Waals surface area contributed by atoms with Crippen LogP contribution in [0.1, 0.15) is 65.2 Å². The van der Waals surface area contributed by atoms with Crippen molar-refractivity contribution in [2.45, 2.75) is 65.2 Å². The fraction of sp³-hybridized carbons (Fsp3) is 0.812. The Balaban J connectivity index is 1.97. The van der Waals surface area contributed by atoms with Crippen LogP contribution in [-0.2, 0) is 4.79 Å². The lowest BCUT2D eigenvalue weighted by atomic mass is 9.63. The molecular formula is C16H26O2. The van der Waals surface area contributed by atoms with E-state index >= 15 is 0 Å². The van der Waals surface area contributed by atoms with E-state index in [4.69, 9.17) is 5.11 Å². The fourth-order valence-electron chi connectivity index (χ4n) is 4.27. The molecule has 0 heterocycles. The Labute approximate surface area is 110 Å². The van der Waals surface area contributed by atoms with Crippen molar-refractivity contribution in [2.24, 2.45) is 17.3 Å². The van der Waals surface area contributed by atoms with Crippen LogP contribution >= 0.6 is 0 Å². The van der Waals surface area contributed by atoms with Gasteiger partial charge in [-0.3, -0.25) is 4.79 Å². The van der Waals surface area contributed by atoms with Gasteiger partial charge in [-0.1, -0.05) is 38.3 Å². The van der Waals surface area contributed by atoms with Crippen LogP contribution in [0.4, 0.5) is 0 Å². The Morgan fingerprint density at radius 3 is 3.00 bits per heavy atom. The molecule has 0 aromatic rings. The number of aliphatic carboxylic acids is 1. The summed E-state index contributed by atoms with van der Waals surface area (Å²) in [6, 6.07) is 0. The monoisotopic (exact) mass is 250 g/mol. The molecular weight excluding hydrogens is 224 g/mol. The van der Waals surface area contributed by atoms with Crippen LogP contribution in [0.3, 0.4) is 0 Å². The third kappa shape index (κ3) is 2.62. The zero-order valence-electron chi connectivity index (χ0n) is 11.7. The second kappa shape index (κ2) is 5.46. The topological polar surface area (TPSA) is 37.3 Å². The summed E-state index contributed by atoms with van der Waals surface area (Å²) in [7, 11) is 0. The molecule has 0 amide bonds. The van der Waals surface area contributed by atoms with Gasteiger partial charge in [0.1, 0.15) is 0 Å². The van der Waals surface area contributed by atoms with Gasteiger partial charge in [0.25, 0.3) is 0 Å². The number of hydrogen-bond acceptors (Lipinski definition) is 1. The lowest BCUT2D eigenvalue weighted by Crippen LogP contribution is -2.32. The molecule has 2 aliphatic carbocycles. The Kier molecular flexibility index (Phi) is 4.14. The lowest BCUT2D eigenvalue weighted by Gasteiger charge is -2.41. The van der Waals surface area contributed by atoms with E-state index in [1.807, 2.05) is 0 Å². The SMILES string of the molecule is CC1CCCC2(C)C(=CCCCC(=O)O)CCC12. The maximum atomic E-state index is 10.5. The van der Waals surface area contributed by atoms with Crippen LogP contribution in [0, 0.1) is 17.3 Å². The first-order valence-electron chi connectivity index (χ1n) is 7.45. The molecule has 2 fully saturated rings. The summed E-state index contributed by atoms with van der Waals surface area (Å²) in [5.41, 5.74) is 2.06. The third-order valence-corrected chi connectivity index (χ3v) is 5.30. The van der Waals surface area contributed by atoms with Crippen LogP contribution in [-0.4, -0.2) is 11.1 Å². The van der Waals surface area contributed by atoms with Crippen molar-refractivity contribution < 1.29 is 9.90 Å². The maximum Gasteiger partial charge on any atom is 0.303 e. The van der Waals surface area contributed by atoms with Crippen LogP contribution in [0.15, 0.2) is 11.6 Å². The van der Waals surface area contributed by atoms with Gasteiger partial charge < -0.3 is 5.11 Å². The van der Waals surface area contributed by atoms with Crippen molar-refractivity contribution in [2.75, 3.05) is 0 Å². The minimum atomic E-state index is -0.671. The number of carbonyl (C=O) groups is 1. The summed E-state index contributed by atoms with van der Waals surface area (Å²) in [6.07, 6.45) is 11.1. The quantitative estimate of drug-likeness (QED) is 0.593. The summed E-state index contributed by atoms with van der Waals surface area (Å²) in [5, 5.41) is 8.66. The van der Waals surface area contributed by atoms with Gasteiger partial charge in [-0.15, -0.1) is 0 Å². The molecule has 2 saturated carbocycles. The molecule has 2 rings (SSSR count). The van der Waals surface area contributed by atoms with Crippen LogP contribution in [0.2, 0.25) is 0 Å². The van der Waals surface area contributed by atoms with Crippen LogP contribution in [0.25, 0.3) is 0 Å². The van der Waals surface area contributed by atoms with Gasteiger partial charge in [-0.05, 0) is 49.4 Å². The second-order valence-electron chi connectivity index (χ2n) is 6.45. The number of unbranched alkanes of at least 4 members (excludes halogenated alkanes) is 1. The van der Waals surface area contributed by atoms with Crippen LogP contribution in [0.5, 0.6) is 0 Å². The zero-order valence-corrected chi connectivity index (χ0v) is 11.7. The number of carboxylic acid groups (broad SMARTS) is 1. The van der Waals surface area contributed by atoms with Crippen molar-refractivity contribution in [1.82, 2.24) is 0 Å². The minimum absolute atomic E-state index is 0.306. The standard InChI is InChI=1S/C16H26O2/c1-12-6-5-11-16(2)13(9-10-14(12)16)7-3-4-8-15(17)18/h7,12,14H,3-6,8-11H2,1-2H3,(H,17,18). The number of rotatable bonds is 4. The predicted molar refractivity (Wildman–Crippen MR) is 73.4 cm³/mol. The van der Waals surface area contributed by atoms with E-state index in [-0.39, 0.29) is 0 Å². The number of carboxylic acids is 1. The Morgan fingerprint density at radius 2 is 2.28 bits per heavy atom. The van der Waals surface area contributed by atoms with Crippen LogP contribution < -0.4 is 0 Å². The first kappa shape index (κ1) is 13.6. The average Bonchev–Trinajstić information content (AvgIpc) is 2.63. The summed E-state index contributed by atoms with van der Waals surface area (Å²) in [6.45, 7) is 4.86. The molecule has 0 saturated heterocycles. The molecule has 3 unspecified atom stereocenters. The van der Waals surface area contributed by atoms with Gasteiger partial charge in [0, 0.05) is 6.42 Å². The molecule has 0 aromatic carbocycles. The van der Waals surface area contributed by atoms with Gasteiger partial charge in [-0.2, -0.15) is 0 Å². The van der Waals surface area contributed by atoms with E-state index in [2.05, 4.69) is 19.9 Å². The van der Waals surface area contributed by atoms with Crippen molar-refractivity contribution in [1.29, 1.82) is 0 Å². The highest BCUT2D eigenvalue weighted by atomic mass is 16.4. The molecule has 1 N–H and O–H groups in total. The summed E-state index contributed by atoms with van der Waals surface area (Å²) in [5.74, 6) is 1.07. The second-order valence-corrected chi connectivity index (χ2v) is 6.45. The Hall–Kier alpha value is -0.790. The largest absolute Gasteiger partial charge is 0.481 e. The van der Waals surface area contributed by atoms with Gasteiger partial charge >= 0.3 is 5.97 Å². The molecule has 0 bridgehead atoms. The number of hydrogen-bond donors (Lipinski definition) is 1. The molecule has 2 heteroatoms.